The molecule has 6 rings (SSSR count). The average Bonchev–Trinajstić information content (AvgIpc) is 3.35. The molecule has 1 N–H and O–H groups in total. The van der Waals surface area contributed by atoms with Crippen molar-refractivity contribution in [1.82, 2.24) is 14.4 Å². The number of imidazole rings is 1. The van der Waals surface area contributed by atoms with Crippen molar-refractivity contribution in [1.29, 1.82) is 0 Å². The lowest BCUT2D eigenvalue weighted by Gasteiger charge is -2.10. The highest BCUT2D eigenvalue weighted by Gasteiger charge is 2.15. The lowest BCUT2D eigenvalue weighted by Crippen LogP contribution is -2.12. The number of nitrogens with zero attached hydrogens (tertiary/aromatic N) is 3. The Labute approximate surface area is 214 Å². The SMILES string of the molecule is Cc1ccc(S(=O)(=O)Nc2ccc(Oc3nccn4cc(-c5ccc6ccccc6c5)nc34)cc2)cc1. The summed E-state index contributed by atoms with van der Waals surface area (Å²) in [5.41, 5.74) is 3.81. The number of ether oxygens (including phenoxy) is 1. The molecule has 0 unspecified atom stereocenters. The summed E-state index contributed by atoms with van der Waals surface area (Å²) in [5.74, 6) is 0.858. The number of hydrogen-bond acceptors (Lipinski definition) is 5. The summed E-state index contributed by atoms with van der Waals surface area (Å²) in [6.45, 7) is 1.91. The molecule has 0 aliphatic rings. The van der Waals surface area contributed by atoms with Gasteiger partial charge < -0.3 is 9.14 Å². The third kappa shape index (κ3) is 4.62. The molecule has 8 heteroatoms. The van der Waals surface area contributed by atoms with E-state index < -0.39 is 10.0 Å². The molecule has 6 aromatic rings. The zero-order chi connectivity index (χ0) is 25.4. The normalized spacial score (nSPS) is 11.6. The monoisotopic (exact) mass is 506 g/mol. The third-order valence-corrected chi connectivity index (χ3v) is 7.44. The second-order valence-corrected chi connectivity index (χ2v) is 10.4. The molecular weight excluding hydrogens is 484 g/mol. The molecule has 4 aromatic carbocycles. The molecule has 0 fully saturated rings. The fraction of sp³-hybridized carbons (Fsp3) is 0.0345. The molecule has 0 atom stereocenters. The van der Waals surface area contributed by atoms with Gasteiger partial charge in [0.15, 0.2) is 0 Å². The summed E-state index contributed by atoms with van der Waals surface area (Å²) in [6.07, 6.45) is 5.41. The van der Waals surface area contributed by atoms with Crippen molar-refractivity contribution in [3.63, 3.8) is 0 Å². The smallest absolute Gasteiger partial charge is 0.263 e. The van der Waals surface area contributed by atoms with E-state index >= 15 is 0 Å². The van der Waals surface area contributed by atoms with Gasteiger partial charge in [-0.1, -0.05) is 54.1 Å². The first-order chi connectivity index (χ1) is 17.9. The lowest BCUT2D eigenvalue weighted by atomic mass is 10.1. The molecule has 0 aliphatic heterocycles. The molecule has 182 valence electrons. The Morgan fingerprint density at radius 1 is 0.865 bits per heavy atom. The van der Waals surface area contributed by atoms with Gasteiger partial charge in [0.1, 0.15) is 5.75 Å². The molecule has 0 amide bonds. The van der Waals surface area contributed by atoms with Gasteiger partial charge >= 0.3 is 0 Å². The zero-order valence-electron chi connectivity index (χ0n) is 19.9. The number of aromatic nitrogens is 3. The maximum absolute atomic E-state index is 12.7. The topological polar surface area (TPSA) is 85.6 Å². The Bertz CT molecular complexity index is 1850. The Kier molecular flexibility index (Phi) is 5.58. The predicted octanol–water partition coefficient (Wildman–Crippen LogP) is 6.45. The second kappa shape index (κ2) is 9.07. The molecule has 2 aromatic heterocycles. The second-order valence-electron chi connectivity index (χ2n) is 8.70. The minimum atomic E-state index is -3.68. The highest BCUT2D eigenvalue weighted by atomic mass is 32.2. The fourth-order valence-electron chi connectivity index (χ4n) is 4.09. The van der Waals surface area contributed by atoms with E-state index in [9.17, 15) is 8.42 Å². The first-order valence-electron chi connectivity index (χ1n) is 11.6. The number of fused-ring (bicyclic) bond motifs is 2. The molecule has 0 saturated carbocycles. The summed E-state index contributed by atoms with van der Waals surface area (Å²) in [4.78, 5) is 9.35. The van der Waals surface area contributed by atoms with Crippen LogP contribution in [-0.2, 0) is 10.0 Å². The summed E-state index contributed by atoms with van der Waals surface area (Å²) < 4.78 is 35.8. The van der Waals surface area contributed by atoms with Gasteiger partial charge in [-0.25, -0.2) is 18.4 Å². The van der Waals surface area contributed by atoms with Gasteiger partial charge in [-0.3, -0.25) is 4.72 Å². The van der Waals surface area contributed by atoms with Crippen LogP contribution in [0.3, 0.4) is 0 Å². The van der Waals surface area contributed by atoms with Crippen LogP contribution < -0.4 is 9.46 Å². The molecule has 37 heavy (non-hydrogen) atoms. The Morgan fingerprint density at radius 2 is 1.62 bits per heavy atom. The highest BCUT2D eigenvalue weighted by molar-refractivity contribution is 7.92. The predicted molar refractivity (Wildman–Crippen MR) is 144 cm³/mol. The lowest BCUT2D eigenvalue weighted by molar-refractivity contribution is 0.465. The van der Waals surface area contributed by atoms with E-state index in [4.69, 9.17) is 9.72 Å². The van der Waals surface area contributed by atoms with Gasteiger partial charge in [0.2, 0.25) is 5.65 Å². The summed E-state index contributed by atoms with van der Waals surface area (Å²) in [7, 11) is -3.68. The quantitative estimate of drug-likeness (QED) is 0.281. The third-order valence-electron chi connectivity index (χ3n) is 6.04. The van der Waals surface area contributed by atoms with Crippen molar-refractivity contribution in [2.75, 3.05) is 4.72 Å². The van der Waals surface area contributed by atoms with E-state index in [-0.39, 0.29) is 4.90 Å². The zero-order valence-corrected chi connectivity index (χ0v) is 20.7. The molecule has 0 saturated heterocycles. The number of sulfonamides is 1. The number of rotatable bonds is 6. The van der Waals surface area contributed by atoms with Crippen LogP contribution in [0.2, 0.25) is 0 Å². The molecule has 0 bridgehead atoms. The Hall–Kier alpha value is -4.69. The number of benzene rings is 4. The fourth-order valence-corrected chi connectivity index (χ4v) is 5.15. The maximum Gasteiger partial charge on any atom is 0.263 e. The standard InChI is InChI=1S/C29H22N4O3S/c1-20-6-14-26(15-7-20)37(34,35)32-24-10-12-25(13-11-24)36-29-28-31-27(19-33(28)17-16-30-29)23-9-8-21-4-2-3-5-22(21)18-23/h2-19,32H,1H3. The van der Waals surface area contributed by atoms with Crippen molar-refractivity contribution >= 4 is 32.1 Å². The van der Waals surface area contributed by atoms with Crippen molar-refractivity contribution in [3.8, 4) is 22.9 Å². The van der Waals surface area contributed by atoms with Crippen LogP contribution in [-0.4, -0.2) is 22.8 Å². The average molecular weight is 507 g/mol. The molecule has 0 aliphatic carbocycles. The van der Waals surface area contributed by atoms with Gasteiger partial charge in [-0.05, 0) is 60.2 Å². The maximum atomic E-state index is 12.7. The van der Waals surface area contributed by atoms with E-state index in [2.05, 4.69) is 40.0 Å². The molecule has 2 heterocycles. The summed E-state index contributed by atoms with van der Waals surface area (Å²) in [6, 6.07) is 27.8. The number of aryl methyl sites for hydroxylation is 1. The largest absolute Gasteiger partial charge is 0.436 e. The van der Waals surface area contributed by atoms with Crippen LogP contribution >= 0.6 is 0 Å². The Morgan fingerprint density at radius 3 is 2.41 bits per heavy atom. The van der Waals surface area contributed by atoms with E-state index in [1.165, 1.54) is 5.39 Å². The minimum Gasteiger partial charge on any atom is -0.436 e. The van der Waals surface area contributed by atoms with Crippen molar-refractivity contribution < 1.29 is 13.2 Å². The van der Waals surface area contributed by atoms with Crippen LogP contribution in [0.1, 0.15) is 5.56 Å². The van der Waals surface area contributed by atoms with Gasteiger partial charge in [-0.2, -0.15) is 0 Å². The first kappa shape index (κ1) is 22.8. The number of anilines is 1. The summed E-state index contributed by atoms with van der Waals surface area (Å²) >= 11 is 0. The van der Waals surface area contributed by atoms with E-state index in [1.54, 1.807) is 54.7 Å². The van der Waals surface area contributed by atoms with Crippen LogP contribution in [0.5, 0.6) is 11.6 Å². The molecule has 0 spiro atoms. The van der Waals surface area contributed by atoms with Crippen molar-refractivity contribution in [2.24, 2.45) is 0 Å². The van der Waals surface area contributed by atoms with Crippen molar-refractivity contribution in [3.05, 3.63) is 115 Å². The first-order valence-corrected chi connectivity index (χ1v) is 13.1. The number of hydrogen-bond donors (Lipinski definition) is 1. The van der Waals surface area contributed by atoms with E-state index in [0.29, 0.717) is 23.0 Å². The van der Waals surface area contributed by atoms with Gasteiger partial charge in [0.25, 0.3) is 15.9 Å². The van der Waals surface area contributed by atoms with Crippen molar-refractivity contribution in [2.45, 2.75) is 11.8 Å². The van der Waals surface area contributed by atoms with Crippen LogP contribution in [0, 0.1) is 6.92 Å². The van der Waals surface area contributed by atoms with E-state index in [0.717, 1.165) is 22.2 Å². The minimum absolute atomic E-state index is 0.204. The number of nitrogens with one attached hydrogen (secondary N) is 1. The van der Waals surface area contributed by atoms with Crippen LogP contribution in [0.15, 0.2) is 114 Å². The van der Waals surface area contributed by atoms with Gasteiger partial charge in [0.05, 0.1) is 10.6 Å². The molecule has 7 nitrogen and oxygen atoms in total. The van der Waals surface area contributed by atoms with Crippen LogP contribution in [0.25, 0.3) is 27.7 Å². The van der Waals surface area contributed by atoms with Gasteiger partial charge in [0, 0.05) is 29.8 Å². The van der Waals surface area contributed by atoms with Crippen LogP contribution in [0.4, 0.5) is 5.69 Å². The molecular formula is C29H22N4O3S. The van der Waals surface area contributed by atoms with Gasteiger partial charge in [-0.15, -0.1) is 0 Å². The summed E-state index contributed by atoms with van der Waals surface area (Å²) in [5, 5.41) is 2.31. The highest BCUT2D eigenvalue weighted by Crippen LogP contribution is 2.29. The van der Waals surface area contributed by atoms with E-state index in [1.807, 2.05) is 35.9 Å². The Balaban J connectivity index is 1.24. The molecule has 0 radical (unpaired) electrons.